The second-order valence-electron chi connectivity index (χ2n) is 4.71. The van der Waals surface area contributed by atoms with Crippen molar-refractivity contribution in [2.75, 3.05) is 6.26 Å². The lowest BCUT2D eigenvalue weighted by atomic mass is 10.4. The maximum atomic E-state index is 12.7. The quantitative estimate of drug-likeness (QED) is 0.622. The van der Waals surface area contributed by atoms with Gasteiger partial charge in [0, 0.05) is 11.8 Å². The van der Waals surface area contributed by atoms with Gasteiger partial charge in [-0.25, -0.2) is 9.97 Å². The zero-order chi connectivity index (χ0) is 15.4. The van der Waals surface area contributed by atoms with Crippen molar-refractivity contribution >= 4 is 34.7 Å². The number of nitrogens with zero attached hydrogens (tertiary/aromatic N) is 4. The maximum Gasteiger partial charge on any atom is 0.406 e. The van der Waals surface area contributed by atoms with Crippen LogP contribution in [0.4, 0.5) is 13.2 Å². The number of hydrogen-bond donors (Lipinski definition) is 0. The summed E-state index contributed by atoms with van der Waals surface area (Å²) in [4.78, 5) is 20.8. The molecule has 0 spiro atoms. The van der Waals surface area contributed by atoms with Crippen LogP contribution in [-0.4, -0.2) is 36.8 Å². The molecule has 1 atom stereocenters. The van der Waals surface area contributed by atoms with Crippen molar-refractivity contribution in [3.05, 3.63) is 10.4 Å². The van der Waals surface area contributed by atoms with E-state index in [1.165, 1.54) is 16.3 Å². The number of alkyl halides is 3. The molecule has 5 nitrogen and oxygen atoms in total. The van der Waals surface area contributed by atoms with Gasteiger partial charge in [0.05, 0.1) is 0 Å². The lowest BCUT2D eigenvalue weighted by molar-refractivity contribution is -0.141. The Labute approximate surface area is 125 Å². The van der Waals surface area contributed by atoms with Gasteiger partial charge in [0.15, 0.2) is 21.5 Å². The molecule has 114 valence electrons. The van der Waals surface area contributed by atoms with E-state index in [2.05, 4.69) is 9.97 Å². The Morgan fingerprint density at radius 2 is 2.14 bits per heavy atom. The van der Waals surface area contributed by atoms with E-state index in [4.69, 9.17) is 0 Å². The van der Waals surface area contributed by atoms with Crippen LogP contribution in [0.1, 0.15) is 6.92 Å². The number of halogens is 3. The van der Waals surface area contributed by atoms with E-state index in [1.807, 2.05) is 6.92 Å². The minimum absolute atomic E-state index is 0.0740. The number of thioether (sulfide) groups is 2. The van der Waals surface area contributed by atoms with Crippen LogP contribution in [0.5, 0.6) is 0 Å². The van der Waals surface area contributed by atoms with Crippen LogP contribution in [0, 0.1) is 0 Å². The maximum absolute atomic E-state index is 12.7. The highest BCUT2D eigenvalue weighted by Gasteiger charge is 2.32. The SMILES string of the molecule is CSc1nc2nc3n(c(=O)c2n1CC(F)(F)F)CC(C)S3. The predicted octanol–water partition coefficient (Wildman–Crippen LogP) is 2.37. The fourth-order valence-electron chi connectivity index (χ4n) is 2.28. The van der Waals surface area contributed by atoms with Crippen molar-refractivity contribution < 1.29 is 13.2 Å². The molecule has 0 aliphatic carbocycles. The van der Waals surface area contributed by atoms with E-state index in [0.717, 1.165) is 16.3 Å². The van der Waals surface area contributed by atoms with Crippen molar-refractivity contribution in [2.45, 2.75) is 41.8 Å². The van der Waals surface area contributed by atoms with Crippen molar-refractivity contribution in [1.82, 2.24) is 19.1 Å². The normalized spacial score (nSPS) is 18.4. The lowest BCUT2D eigenvalue weighted by Crippen LogP contribution is -2.26. The largest absolute Gasteiger partial charge is 0.406 e. The first kappa shape index (κ1) is 14.8. The fourth-order valence-corrected chi connectivity index (χ4v) is 3.84. The first-order valence-corrected chi connectivity index (χ1v) is 8.19. The molecule has 0 bridgehead atoms. The second-order valence-corrected chi connectivity index (χ2v) is 6.89. The Morgan fingerprint density at radius 3 is 2.76 bits per heavy atom. The first-order chi connectivity index (χ1) is 9.80. The molecule has 10 heteroatoms. The average Bonchev–Trinajstić information content (AvgIpc) is 2.88. The standard InChI is InChI=1S/C11H11F3N4OS2/c1-5-3-17-8(19)6-7(16-10(17)21-5)15-9(20-2)18(6)4-11(12,13)14/h5H,3-4H2,1-2H3. The van der Waals surface area contributed by atoms with Crippen LogP contribution >= 0.6 is 23.5 Å². The number of rotatable bonds is 2. The van der Waals surface area contributed by atoms with Crippen LogP contribution in [0.3, 0.4) is 0 Å². The number of aromatic nitrogens is 4. The molecular weight excluding hydrogens is 325 g/mol. The smallest absolute Gasteiger partial charge is 0.304 e. The van der Waals surface area contributed by atoms with Gasteiger partial charge in [0.2, 0.25) is 0 Å². The van der Waals surface area contributed by atoms with Gasteiger partial charge < -0.3 is 4.57 Å². The summed E-state index contributed by atoms with van der Waals surface area (Å²) in [6.07, 6.45) is -2.80. The number of fused-ring (bicyclic) bond motifs is 2. The van der Waals surface area contributed by atoms with Crippen molar-refractivity contribution in [3.63, 3.8) is 0 Å². The van der Waals surface area contributed by atoms with Gasteiger partial charge in [-0.05, 0) is 6.26 Å². The predicted molar refractivity (Wildman–Crippen MR) is 74.9 cm³/mol. The third kappa shape index (κ3) is 2.54. The summed E-state index contributed by atoms with van der Waals surface area (Å²) in [5.74, 6) is 0. The summed E-state index contributed by atoms with van der Waals surface area (Å²) < 4.78 is 40.6. The van der Waals surface area contributed by atoms with Crippen LogP contribution in [0.25, 0.3) is 11.2 Å². The minimum atomic E-state index is -4.42. The zero-order valence-electron chi connectivity index (χ0n) is 11.1. The Kier molecular flexibility index (Phi) is 3.47. The average molecular weight is 336 g/mol. The van der Waals surface area contributed by atoms with Gasteiger partial charge in [0.25, 0.3) is 5.56 Å². The molecule has 2 aromatic rings. The summed E-state index contributed by atoms with van der Waals surface area (Å²) >= 11 is 2.49. The van der Waals surface area contributed by atoms with E-state index in [0.29, 0.717) is 11.7 Å². The molecule has 1 aliphatic rings. The van der Waals surface area contributed by atoms with Gasteiger partial charge >= 0.3 is 6.18 Å². The van der Waals surface area contributed by atoms with Gasteiger partial charge in [-0.15, -0.1) is 0 Å². The van der Waals surface area contributed by atoms with Crippen LogP contribution in [0.2, 0.25) is 0 Å². The molecule has 3 rings (SSSR count). The molecule has 21 heavy (non-hydrogen) atoms. The molecule has 0 N–H and O–H groups in total. The minimum Gasteiger partial charge on any atom is -0.304 e. The highest BCUT2D eigenvalue weighted by Crippen LogP contribution is 2.31. The molecular formula is C11H11F3N4OS2. The molecule has 0 amide bonds. The molecule has 0 aromatic carbocycles. The van der Waals surface area contributed by atoms with Crippen LogP contribution < -0.4 is 5.56 Å². The van der Waals surface area contributed by atoms with Crippen molar-refractivity contribution in [2.24, 2.45) is 0 Å². The Bertz CT molecular complexity index is 767. The van der Waals surface area contributed by atoms with Gasteiger partial charge in [0.1, 0.15) is 6.54 Å². The highest BCUT2D eigenvalue weighted by atomic mass is 32.2. The van der Waals surface area contributed by atoms with Crippen molar-refractivity contribution in [1.29, 1.82) is 0 Å². The highest BCUT2D eigenvalue weighted by molar-refractivity contribution is 8.00. The third-order valence-corrected chi connectivity index (χ3v) is 4.81. The molecule has 1 unspecified atom stereocenters. The van der Waals surface area contributed by atoms with E-state index in [-0.39, 0.29) is 21.6 Å². The topological polar surface area (TPSA) is 52.7 Å². The second kappa shape index (κ2) is 4.94. The van der Waals surface area contributed by atoms with Gasteiger partial charge in [-0.2, -0.15) is 13.2 Å². The van der Waals surface area contributed by atoms with E-state index in [9.17, 15) is 18.0 Å². The molecule has 3 heterocycles. The zero-order valence-corrected chi connectivity index (χ0v) is 12.8. The summed E-state index contributed by atoms with van der Waals surface area (Å²) in [7, 11) is 0. The third-order valence-electron chi connectivity index (χ3n) is 3.06. The summed E-state index contributed by atoms with van der Waals surface area (Å²) in [6.45, 7) is 1.15. The van der Waals surface area contributed by atoms with Crippen LogP contribution in [0.15, 0.2) is 15.1 Å². The number of imidazole rings is 1. The fraction of sp³-hybridized carbons (Fsp3) is 0.545. The van der Waals surface area contributed by atoms with Crippen LogP contribution in [-0.2, 0) is 13.1 Å². The number of hydrogen-bond acceptors (Lipinski definition) is 5. The van der Waals surface area contributed by atoms with Crippen molar-refractivity contribution in [3.8, 4) is 0 Å². The Hall–Kier alpha value is -1.16. The summed E-state index contributed by atoms with van der Waals surface area (Å²) in [6, 6.07) is 0. The molecule has 0 radical (unpaired) electrons. The van der Waals surface area contributed by atoms with E-state index < -0.39 is 18.3 Å². The molecule has 0 saturated heterocycles. The summed E-state index contributed by atoms with van der Waals surface area (Å²) in [5.41, 5.74) is -0.444. The van der Waals surface area contributed by atoms with Gasteiger partial charge in [-0.1, -0.05) is 30.4 Å². The first-order valence-electron chi connectivity index (χ1n) is 6.08. The molecule has 2 aromatic heterocycles. The van der Waals surface area contributed by atoms with Gasteiger partial charge in [-0.3, -0.25) is 9.36 Å². The Morgan fingerprint density at radius 1 is 1.43 bits per heavy atom. The lowest BCUT2D eigenvalue weighted by Gasteiger charge is -2.10. The monoisotopic (exact) mass is 336 g/mol. The summed E-state index contributed by atoms with van der Waals surface area (Å²) in [5, 5.41) is 0.839. The Balaban J connectivity index is 2.27. The van der Waals surface area contributed by atoms with E-state index >= 15 is 0 Å². The van der Waals surface area contributed by atoms with E-state index in [1.54, 1.807) is 6.26 Å². The molecule has 0 fully saturated rings. The molecule has 1 aliphatic heterocycles. The molecule has 0 saturated carbocycles.